The number of nitrogens with one attached hydrogen (secondary N) is 1. The van der Waals surface area contributed by atoms with Crippen LogP contribution < -0.4 is 11.2 Å². The van der Waals surface area contributed by atoms with Gasteiger partial charge in [0, 0.05) is 18.5 Å². The molecule has 0 saturated heterocycles. The summed E-state index contributed by atoms with van der Waals surface area (Å²) in [6, 6.07) is 0. The average Bonchev–Trinajstić information content (AvgIpc) is 3.13. The summed E-state index contributed by atoms with van der Waals surface area (Å²) in [5.41, 5.74) is 0.714. The fourth-order valence-electron chi connectivity index (χ4n) is 5.23. The fourth-order valence-corrected chi connectivity index (χ4v) is 5.23. The normalized spacial score (nSPS) is 27.4. The van der Waals surface area contributed by atoms with Gasteiger partial charge < -0.3 is 4.98 Å². The van der Waals surface area contributed by atoms with Crippen LogP contribution in [0.5, 0.6) is 0 Å². The second-order valence-electron chi connectivity index (χ2n) is 8.86. The second-order valence-corrected chi connectivity index (χ2v) is 8.86. The Morgan fingerprint density at radius 3 is 2.44 bits per heavy atom. The summed E-state index contributed by atoms with van der Waals surface area (Å²) in [4.78, 5) is 34.2. The minimum absolute atomic E-state index is 0.0776. The van der Waals surface area contributed by atoms with Crippen molar-refractivity contribution in [2.45, 2.75) is 84.7 Å². The van der Waals surface area contributed by atoms with E-state index in [0.717, 1.165) is 37.4 Å². The predicted molar refractivity (Wildman–Crippen MR) is 107 cm³/mol. The van der Waals surface area contributed by atoms with Crippen LogP contribution in [0.3, 0.4) is 0 Å². The van der Waals surface area contributed by atoms with Gasteiger partial charge in [0.2, 0.25) is 0 Å². The molecule has 27 heavy (non-hydrogen) atoms. The highest BCUT2D eigenvalue weighted by atomic mass is 16.2. The van der Waals surface area contributed by atoms with Crippen LogP contribution in [0.15, 0.2) is 9.59 Å². The van der Waals surface area contributed by atoms with E-state index in [2.05, 4.69) is 18.8 Å². The van der Waals surface area contributed by atoms with Gasteiger partial charge in [-0.05, 0) is 49.9 Å². The largest absolute Gasteiger partial charge is 0.336 e. The Hall–Kier alpha value is -1.85. The van der Waals surface area contributed by atoms with Gasteiger partial charge in [-0.15, -0.1) is 0 Å². The Kier molecular flexibility index (Phi) is 4.55. The monoisotopic (exact) mass is 372 g/mol. The number of aromatic nitrogens is 4. The van der Waals surface area contributed by atoms with Gasteiger partial charge in [-0.25, -0.2) is 9.78 Å². The van der Waals surface area contributed by atoms with Gasteiger partial charge in [-0.3, -0.25) is 13.9 Å². The molecule has 4 atom stereocenters. The number of rotatable bonds is 8. The molecule has 2 aromatic heterocycles. The van der Waals surface area contributed by atoms with Crippen molar-refractivity contribution in [3.63, 3.8) is 0 Å². The summed E-state index contributed by atoms with van der Waals surface area (Å²) in [7, 11) is 0. The Morgan fingerprint density at radius 1 is 1.19 bits per heavy atom. The highest BCUT2D eigenvalue weighted by Gasteiger charge is 2.65. The number of aryl methyl sites for hydroxylation is 1. The molecule has 0 bridgehead atoms. The van der Waals surface area contributed by atoms with E-state index in [1.807, 2.05) is 13.8 Å². The van der Waals surface area contributed by atoms with Gasteiger partial charge in [0.1, 0.15) is 11.3 Å². The number of aromatic amines is 1. The Morgan fingerprint density at radius 2 is 1.89 bits per heavy atom. The molecule has 4 rings (SSSR count). The first kappa shape index (κ1) is 18.5. The summed E-state index contributed by atoms with van der Waals surface area (Å²) in [5.74, 6) is 3.13. The maximum atomic E-state index is 13.0. The lowest BCUT2D eigenvalue weighted by molar-refractivity contribution is 0.162. The van der Waals surface area contributed by atoms with Crippen molar-refractivity contribution in [3.05, 3.63) is 26.7 Å². The molecule has 2 aromatic rings. The van der Waals surface area contributed by atoms with Gasteiger partial charge in [0.15, 0.2) is 5.65 Å². The minimum atomic E-state index is -0.219. The van der Waals surface area contributed by atoms with Crippen LogP contribution in [-0.2, 0) is 18.5 Å². The lowest BCUT2D eigenvalue weighted by Gasteiger charge is -2.41. The molecule has 2 heterocycles. The molecule has 4 unspecified atom stereocenters. The van der Waals surface area contributed by atoms with Crippen molar-refractivity contribution in [3.8, 4) is 0 Å². The highest BCUT2D eigenvalue weighted by Crippen LogP contribution is 2.69. The molecule has 2 aliphatic rings. The molecule has 0 amide bonds. The topological polar surface area (TPSA) is 72.7 Å². The summed E-state index contributed by atoms with van der Waals surface area (Å²) in [6.45, 7) is 9.62. The molecule has 0 aromatic carbocycles. The maximum absolute atomic E-state index is 13.0. The number of nitrogens with zero attached hydrogens (tertiary/aromatic N) is 3. The lowest BCUT2D eigenvalue weighted by Crippen LogP contribution is -2.40. The zero-order valence-electron chi connectivity index (χ0n) is 17.0. The summed E-state index contributed by atoms with van der Waals surface area (Å²) < 4.78 is 3.08. The van der Waals surface area contributed by atoms with E-state index in [9.17, 15) is 9.59 Å². The molecule has 1 N–H and O–H groups in total. The zero-order valence-corrected chi connectivity index (χ0v) is 17.0. The molecule has 0 spiro atoms. The van der Waals surface area contributed by atoms with Gasteiger partial charge in [0.25, 0.3) is 5.56 Å². The lowest BCUT2D eigenvalue weighted by atomic mass is 9.63. The summed E-state index contributed by atoms with van der Waals surface area (Å²) in [6.07, 6.45) is 6.33. The number of imidazole rings is 1. The van der Waals surface area contributed by atoms with Crippen molar-refractivity contribution in [1.82, 2.24) is 19.1 Å². The molecule has 6 nitrogen and oxygen atoms in total. The third-order valence-corrected chi connectivity index (χ3v) is 6.90. The van der Waals surface area contributed by atoms with Crippen LogP contribution in [0.4, 0.5) is 0 Å². The van der Waals surface area contributed by atoms with Crippen molar-refractivity contribution in [1.29, 1.82) is 0 Å². The molecule has 6 heteroatoms. The van der Waals surface area contributed by atoms with Crippen LogP contribution in [0.25, 0.3) is 11.2 Å². The average molecular weight is 373 g/mol. The first-order chi connectivity index (χ1) is 13.0. The van der Waals surface area contributed by atoms with E-state index in [1.54, 1.807) is 4.57 Å². The Labute approximate surface area is 160 Å². The van der Waals surface area contributed by atoms with Crippen molar-refractivity contribution in [2.24, 2.45) is 17.8 Å². The van der Waals surface area contributed by atoms with Crippen molar-refractivity contribution >= 4 is 11.2 Å². The molecule has 2 fully saturated rings. The molecule has 0 radical (unpaired) electrons. The van der Waals surface area contributed by atoms with E-state index in [0.29, 0.717) is 36.1 Å². The van der Waals surface area contributed by atoms with E-state index in [-0.39, 0.29) is 16.7 Å². The van der Waals surface area contributed by atoms with Crippen LogP contribution in [0.1, 0.15) is 72.0 Å². The molecular weight excluding hydrogens is 340 g/mol. The van der Waals surface area contributed by atoms with Gasteiger partial charge in [0.05, 0.1) is 0 Å². The zero-order chi connectivity index (χ0) is 19.3. The molecule has 2 saturated carbocycles. The predicted octanol–water partition coefficient (Wildman–Crippen LogP) is 3.42. The van der Waals surface area contributed by atoms with Gasteiger partial charge >= 0.3 is 5.69 Å². The van der Waals surface area contributed by atoms with Crippen LogP contribution >= 0.6 is 0 Å². The quantitative estimate of drug-likeness (QED) is 0.772. The number of fused-ring (bicyclic) bond motifs is 2. The first-order valence-electron chi connectivity index (χ1n) is 10.7. The smallest absolute Gasteiger partial charge is 0.332 e. The third-order valence-electron chi connectivity index (χ3n) is 6.90. The van der Waals surface area contributed by atoms with E-state index in [1.165, 1.54) is 17.4 Å². The van der Waals surface area contributed by atoms with Crippen molar-refractivity contribution < 1.29 is 0 Å². The second kappa shape index (κ2) is 6.64. The fraction of sp³-hybridized carbons (Fsp3) is 0.762. The van der Waals surface area contributed by atoms with Crippen LogP contribution in [-0.4, -0.2) is 19.1 Å². The Bertz CT molecular complexity index is 969. The van der Waals surface area contributed by atoms with Crippen LogP contribution in [0, 0.1) is 17.8 Å². The summed E-state index contributed by atoms with van der Waals surface area (Å²) >= 11 is 0. The number of hydrogen-bond donors (Lipinski definition) is 1. The SMILES string of the molecule is CCCn1c(=O)c2[nH]c(C3(CC(C)CC)CC4CC43)nc2n(CCC)c1=O. The van der Waals surface area contributed by atoms with E-state index < -0.39 is 0 Å². The van der Waals surface area contributed by atoms with E-state index in [4.69, 9.17) is 4.98 Å². The number of hydrogen-bond acceptors (Lipinski definition) is 3. The Balaban J connectivity index is 1.88. The maximum Gasteiger partial charge on any atom is 0.332 e. The van der Waals surface area contributed by atoms with Gasteiger partial charge in [-0.2, -0.15) is 0 Å². The third kappa shape index (κ3) is 2.71. The minimum Gasteiger partial charge on any atom is -0.336 e. The van der Waals surface area contributed by atoms with Gasteiger partial charge in [-0.1, -0.05) is 34.1 Å². The van der Waals surface area contributed by atoms with Crippen LogP contribution in [0.2, 0.25) is 0 Å². The molecule has 148 valence electrons. The van der Waals surface area contributed by atoms with E-state index >= 15 is 0 Å². The first-order valence-corrected chi connectivity index (χ1v) is 10.7. The molecule has 0 aliphatic heterocycles. The molecule has 2 aliphatic carbocycles. The molecular formula is C21H32N4O2. The summed E-state index contributed by atoms with van der Waals surface area (Å²) in [5, 5.41) is 0. The standard InChI is InChI=1S/C21H32N4O2/c1-5-8-24-17-16(18(26)25(9-6-2)20(24)27)22-19(23-17)21(11-13(4)7-3)12-14-10-15(14)21/h13-15H,5-12H2,1-4H3,(H,22,23). The van der Waals surface area contributed by atoms with Crippen molar-refractivity contribution in [2.75, 3.05) is 0 Å². The highest BCUT2D eigenvalue weighted by molar-refractivity contribution is 5.70. The number of H-pyrrole nitrogens is 1.